The lowest BCUT2D eigenvalue weighted by molar-refractivity contribution is -0.620. The Labute approximate surface area is 135 Å². The molecule has 5 rings (SSSR count). The third-order valence-corrected chi connectivity index (χ3v) is 5.33. The first kappa shape index (κ1) is 13.1. The average molecular weight is 306 g/mol. The van der Waals surface area contributed by atoms with E-state index in [1.807, 2.05) is 0 Å². The van der Waals surface area contributed by atoms with Gasteiger partial charge in [-0.2, -0.15) is 0 Å². The average Bonchev–Trinajstić information content (AvgIpc) is 2.83. The van der Waals surface area contributed by atoms with Crippen LogP contribution in [0, 0.1) is 0 Å². The van der Waals surface area contributed by atoms with Gasteiger partial charge >= 0.3 is 5.95 Å². The van der Waals surface area contributed by atoms with E-state index in [-0.39, 0.29) is 0 Å². The quantitative estimate of drug-likeness (QED) is 0.647. The Morgan fingerprint density at radius 2 is 2.13 bits per heavy atom. The van der Waals surface area contributed by atoms with Gasteiger partial charge in [0.25, 0.3) is 0 Å². The van der Waals surface area contributed by atoms with Crippen LogP contribution in [0.3, 0.4) is 0 Å². The zero-order chi connectivity index (χ0) is 15.4. The van der Waals surface area contributed by atoms with E-state index in [1.54, 1.807) is 7.11 Å². The van der Waals surface area contributed by atoms with Crippen LogP contribution in [0.2, 0.25) is 0 Å². The molecule has 0 radical (unpaired) electrons. The molecule has 0 saturated carbocycles. The van der Waals surface area contributed by atoms with Gasteiger partial charge in [0.2, 0.25) is 0 Å². The van der Waals surface area contributed by atoms with E-state index < -0.39 is 0 Å². The number of ether oxygens (including phenoxy) is 1. The Bertz CT molecular complexity index is 912. The summed E-state index contributed by atoms with van der Waals surface area (Å²) in [5, 5.41) is 0. The minimum Gasteiger partial charge on any atom is -0.496 e. The summed E-state index contributed by atoms with van der Waals surface area (Å²) in [6.45, 7) is 1.02. The molecule has 0 fully saturated rings. The number of aromatic nitrogens is 3. The number of hydrogen-bond acceptors (Lipinski definition) is 2. The molecule has 116 valence electrons. The van der Waals surface area contributed by atoms with Crippen molar-refractivity contribution in [1.29, 1.82) is 0 Å². The van der Waals surface area contributed by atoms with Crippen molar-refractivity contribution in [2.45, 2.75) is 38.1 Å². The standard InChI is InChI=1S/C19H20N3O/c1-23-17-10-11-21-18-13(6-2-3-7-14(17)18)12-22-16-9-5-4-8-15(16)20-19(21)22/h4-5,8-11,13H,2-3,6-7,12H2,1H3/q+1. The Balaban J connectivity index is 1.84. The van der Waals surface area contributed by atoms with Crippen LogP contribution in [-0.2, 0) is 13.0 Å². The smallest absolute Gasteiger partial charge is 0.404 e. The molecule has 1 aliphatic heterocycles. The molecule has 4 nitrogen and oxygen atoms in total. The predicted molar refractivity (Wildman–Crippen MR) is 88.1 cm³/mol. The highest BCUT2D eigenvalue weighted by Gasteiger charge is 2.37. The normalized spacial score (nSPS) is 19.1. The van der Waals surface area contributed by atoms with Crippen molar-refractivity contribution < 1.29 is 9.30 Å². The topological polar surface area (TPSA) is 30.9 Å². The number of methoxy groups -OCH3 is 1. The number of rotatable bonds is 1. The van der Waals surface area contributed by atoms with Crippen molar-refractivity contribution in [2.75, 3.05) is 7.11 Å². The molecule has 0 saturated heterocycles. The monoisotopic (exact) mass is 306 g/mol. The summed E-state index contributed by atoms with van der Waals surface area (Å²) in [4.78, 5) is 4.90. The Kier molecular flexibility index (Phi) is 2.75. The fourth-order valence-electron chi connectivity index (χ4n) is 4.31. The van der Waals surface area contributed by atoms with Crippen LogP contribution in [0.4, 0.5) is 0 Å². The van der Waals surface area contributed by atoms with E-state index in [1.165, 1.54) is 36.0 Å². The van der Waals surface area contributed by atoms with Crippen molar-refractivity contribution >= 4 is 11.0 Å². The minimum atomic E-state index is 0.549. The first-order valence-corrected chi connectivity index (χ1v) is 8.44. The highest BCUT2D eigenvalue weighted by atomic mass is 16.5. The van der Waals surface area contributed by atoms with Gasteiger partial charge < -0.3 is 4.74 Å². The van der Waals surface area contributed by atoms with Crippen molar-refractivity contribution in [2.24, 2.45) is 0 Å². The van der Waals surface area contributed by atoms with Crippen LogP contribution in [0.25, 0.3) is 17.0 Å². The number of pyridine rings is 1. The van der Waals surface area contributed by atoms with Gasteiger partial charge in [-0.1, -0.05) is 23.5 Å². The summed E-state index contributed by atoms with van der Waals surface area (Å²) in [6, 6.07) is 10.5. The molecule has 1 aliphatic carbocycles. The van der Waals surface area contributed by atoms with Crippen molar-refractivity contribution in [3.63, 3.8) is 0 Å². The van der Waals surface area contributed by atoms with Crippen molar-refractivity contribution in [3.8, 4) is 11.7 Å². The summed E-state index contributed by atoms with van der Waals surface area (Å²) >= 11 is 0. The van der Waals surface area contributed by atoms with Crippen LogP contribution in [-0.4, -0.2) is 16.7 Å². The molecule has 3 heterocycles. The summed E-state index contributed by atoms with van der Waals surface area (Å²) in [5.74, 6) is 2.63. The number of para-hydroxylation sites is 2. The van der Waals surface area contributed by atoms with E-state index >= 15 is 0 Å². The molecular weight excluding hydrogens is 286 g/mol. The number of fused-ring (bicyclic) bond motifs is 4. The van der Waals surface area contributed by atoms with Gasteiger partial charge in [-0.05, 0) is 31.4 Å². The van der Waals surface area contributed by atoms with Gasteiger partial charge in [0.1, 0.15) is 11.3 Å². The summed E-state index contributed by atoms with van der Waals surface area (Å²) in [7, 11) is 1.78. The van der Waals surface area contributed by atoms with Crippen LogP contribution in [0.15, 0.2) is 36.5 Å². The first-order chi connectivity index (χ1) is 11.4. The second-order valence-corrected chi connectivity index (χ2v) is 6.57. The molecule has 2 aliphatic rings. The lowest BCUT2D eigenvalue weighted by Crippen LogP contribution is -2.45. The molecule has 1 aromatic carbocycles. The molecular formula is C19H20N3O+. The molecule has 1 unspecified atom stereocenters. The van der Waals surface area contributed by atoms with Crippen molar-refractivity contribution in [3.05, 3.63) is 47.8 Å². The molecule has 3 aromatic rings. The van der Waals surface area contributed by atoms with E-state index in [9.17, 15) is 0 Å². The lowest BCUT2D eigenvalue weighted by atomic mass is 9.95. The van der Waals surface area contributed by atoms with Gasteiger partial charge in [0, 0.05) is 17.5 Å². The van der Waals surface area contributed by atoms with Gasteiger partial charge in [-0.25, -0.2) is 9.13 Å². The predicted octanol–water partition coefficient (Wildman–Crippen LogP) is 3.15. The highest BCUT2D eigenvalue weighted by molar-refractivity contribution is 5.76. The maximum Gasteiger partial charge on any atom is 0.404 e. The summed E-state index contributed by atoms with van der Waals surface area (Å²) in [5.41, 5.74) is 5.12. The van der Waals surface area contributed by atoms with Crippen LogP contribution >= 0.6 is 0 Å². The van der Waals surface area contributed by atoms with E-state index in [0.717, 1.165) is 30.2 Å². The van der Waals surface area contributed by atoms with Gasteiger partial charge in [-0.3, -0.25) is 0 Å². The fourth-order valence-corrected chi connectivity index (χ4v) is 4.31. The van der Waals surface area contributed by atoms with Gasteiger partial charge in [0.15, 0.2) is 5.52 Å². The molecule has 0 bridgehead atoms. The van der Waals surface area contributed by atoms with E-state index in [0.29, 0.717) is 5.92 Å². The maximum atomic E-state index is 5.65. The minimum absolute atomic E-state index is 0.549. The number of hydrogen-bond donors (Lipinski definition) is 0. The summed E-state index contributed by atoms with van der Waals surface area (Å²) < 4.78 is 10.3. The number of nitrogens with zero attached hydrogens (tertiary/aromatic N) is 3. The largest absolute Gasteiger partial charge is 0.496 e. The molecule has 0 amide bonds. The number of benzene rings is 1. The maximum absolute atomic E-state index is 5.65. The van der Waals surface area contributed by atoms with Crippen LogP contribution < -0.4 is 9.30 Å². The Morgan fingerprint density at radius 3 is 3.04 bits per heavy atom. The third-order valence-electron chi connectivity index (χ3n) is 5.33. The number of imidazole rings is 1. The zero-order valence-electron chi connectivity index (χ0n) is 13.3. The zero-order valence-corrected chi connectivity index (χ0v) is 13.3. The second kappa shape index (κ2) is 4.82. The van der Waals surface area contributed by atoms with Gasteiger partial charge in [-0.15, -0.1) is 0 Å². The molecule has 0 N–H and O–H groups in total. The molecule has 23 heavy (non-hydrogen) atoms. The van der Waals surface area contributed by atoms with E-state index in [2.05, 4.69) is 45.7 Å². The van der Waals surface area contributed by atoms with Crippen molar-refractivity contribution in [1.82, 2.24) is 9.55 Å². The highest BCUT2D eigenvalue weighted by Crippen LogP contribution is 2.37. The fraction of sp³-hybridized carbons (Fsp3) is 0.368. The Morgan fingerprint density at radius 1 is 1.22 bits per heavy atom. The third kappa shape index (κ3) is 1.78. The van der Waals surface area contributed by atoms with Crippen LogP contribution in [0.1, 0.15) is 36.4 Å². The van der Waals surface area contributed by atoms with Gasteiger partial charge in [0.05, 0.1) is 25.5 Å². The second-order valence-electron chi connectivity index (χ2n) is 6.57. The summed E-state index contributed by atoms with van der Waals surface area (Å²) in [6.07, 6.45) is 7.01. The molecule has 0 spiro atoms. The molecule has 4 heteroatoms. The SMILES string of the molecule is COc1cc[n+]2c3c1CCCCC3Cn1c-2nc2ccccc21. The van der Waals surface area contributed by atoms with Crippen LogP contribution in [0.5, 0.6) is 5.75 Å². The lowest BCUT2D eigenvalue weighted by Gasteiger charge is -2.24. The molecule has 2 aromatic heterocycles. The van der Waals surface area contributed by atoms with E-state index in [4.69, 9.17) is 9.72 Å². The Hall–Kier alpha value is -2.36. The molecule has 1 atom stereocenters. The first-order valence-electron chi connectivity index (χ1n) is 8.44.